The Morgan fingerprint density at radius 3 is 2.87 bits per heavy atom. The molecule has 8 nitrogen and oxygen atoms in total. The van der Waals surface area contributed by atoms with Crippen LogP contribution >= 0.6 is 22.7 Å². The molecule has 0 bridgehead atoms. The van der Waals surface area contributed by atoms with Crippen LogP contribution < -0.4 is 5.32 Å². The van der Waals surface area contributed by atoms with Crippen molar-refractivity contribution in [3.8, 4) is 17.3 Å². The van der Waals surface area contributed by atoms with E-state index in [1.807, 2.05) is 19.1 Å². The predicted molar refractivity (Wildman–Crippen MR) is 112 cm³/mol. The van der Waals surface area contributed by atoms with Crippen LogP contribution in [0.1, 0.15) is 34.6 Å². The van der Waals surface area contributed by atoms with E-state index in [1.165, 1.54) is 0 Å². The Balaban J connectivity index is 1.28. The average molecular weight is 437 g/mol. The summed E-state index contributed by atoms with van der Waals surface area (Å²) in [7, 11) is 0. The van der Waals surface area contributed by atoms with Gasteiger partial charge in [-0.15, -0.1) is 32.9 Å². The molecular weight excluding hydrogens is 420 g/mol. The Bertz CT molecular complexity index is 1290. The van der Waals surface area contributed by atoms with E-state index >= 15 is 0 Å². The first kappa shape index (κ1) is 18.8. The number of nitrogens with one attached hydrogen (secondary N) is 1. The van der Waals surface area contributed by atoms with Gasteiger partial charge in [0.15, 0.2) is 0 Å². The van der Waals surface area contributed by atoms with Crippen LogP contribution in [0.5, 0.6) is 0 Å². The number of carbonyl (C=O) groups is 1. The number of nitrogens with zero attached hydrogens (tertiary/aromatic N) is 5. The Morgan fingerprint density at radius 2 is 2.13 bits per heavy atom. The van der Waals surface area contributed by atoms with Gasteiger partial charge in [-0.25, -0.2) is 9.97 Å². The summed E-state index contributed by atoms with van der Waals surface area (Å²) < 4.78 is 6.68. The first-order valence-corrected chi connectivity index (χ1v) is 11.1. The van der Waals surface area contributed by atoms with Crippen molar-refractivity contribution in [2.75, 3.05) is 0 Å². The van der Waals surface area contributed by atoms with Gasteiger partial charge >= 0.3 is 0 Å². The third-order valence-corrected chi connectivity index (χ3v) is 6.60. The highest BCUT2D eigenvalue weighted by Crippen LogP contribution is 2.34. The molecule has 0 atom stereocenters. The summed E-state index contributed by atoms with van der Waals surface area (Å²) in [5.41, 5.74) is 2.25. The van der Waals surface area contributed by atoms with E-state index in [9.17, 15) is 4.79 Å². The molecule has 10 heteroatoms. The number of nitriles is 1. The fraction of sp³-hybridized carbons (Fsp3) is 0.300. The standard InChI is InChI=1S/C20H16N6O2S2/c1-11-22-14(9-29-11)12-2-3-13-15(6-12)30-19(23-13)8-18-26-25-17(28-18)7-16(27)24-20(10-21)4-5-20/h2-3,6,9H,4-5,7-8H2,1H3,(H,24,27). The van der Waals surface area contributed by atoms with Crippen molar-refractivity contribution < 1.29 is 9.21 Å². The zero-order valence-electron chi connectivity index (χ0n) is 16.0. The lowest BCUT2D eigenvalue weighted by Gasteiger charge is -2.06. The van der Waals surface area contributed by atoms with Gasteiger partial charge in [0.25, 0.3) is 0 Å². The minimum Gasteiger partial charge on any atom is -0.424 e. The first-order valence-electron chi connectivity index (χ1n) is 9.37. The van der Waals surface area contributed by atoms with E-state index in [0.717, 1.165) is 31.5 Å². The van der Waals surface area contributed by atoms with Crippen LogP contribution in [0.15, 0.2) is 28.0 Å². The molecule has 5 rings (SSSR count). The molecule has 0 spiro atoms. The highest BCUT2D eigenvalue weighted by molar-refractivity contribution is 7.18. The van der Waals surface area contributed by atoms with Crippen molar-refractivity contribution >= 4 is 38.8 Å². The van der Waals surface area contributed by atoms with Crippen molar-refractivity contribution in [1.29, 1.82) is 5.26 Å². The van der Waals surface area contributed by atoms with Crippen LogP contribution in [0.25, 0.3) is 21.5 Å². The van der Waals surface area contributed by atoms with Crippen molar-refractivity contribution in [2.45, 2.75) is 38.1 Å². The molecule has 150 valence electrons. The van der Waals surface area contributed by atoms with Crippen LogP contribution in [-0.2, 0) is 17.6 Å². The first-order chi connectivity index (χ1) is 14.5. The summed E-state index contributed by atoms with van der Waals surface area (Å²) in [5, 5.41) is 23.7. The number of fused-ring (bicyclic) bond motifs is 1. The molecule has 0 unspecified atom stereocenters. The van der Waals surface area contributed by atoms with E-state index in [4.69, 9.17) is 9.68 Å². The van der Waals surface area contributed by atoms with Gasteiger partial charge in [0, 0.05) is 10.9 Å². The number of amides is 1. The molecule has 1 aromatic carbocycles. The number of aryl methyl sites for hydroxylation is 1. The second-order valence-electron chi connectivity index (χ2n) is 7.23. The molecular formula is C20H16N6O2S2. The minimum absolute atomic E-state index is 0.0350. The SMILES string of the molecule is Cc1nc(-c2ccc3nc(Cc4nnc(CC(=O)NC5(C#N)CC5)o4)sc3c2)cs1. The van der Waals surface area contributed by atoms with E-state index in [2.05, 4.69) is 43.0 Å². The molecule has 1 aliphatic rings. The number of aromatic nitrogens is 4. The fourth-order valence-corrected chi connectivity index (χ4v) is 4.72. The summed E-state index contributed by atoms with van der Waals surface area (Å²) in [6.45, 7) is 1.99. The normalized spacial score (nSPS) is 14.5. The van der Waals surface area contributed by atoms with Crippen LogP contribution in [-0.4, -0.2) is 31.6 Å². The van der Waals surface area contributed by atoms with Gasteiger partial charge in [-0.3, -0.25) is 4.79 Å². The topological polar surface area (TPSA) is 118 Å². The van der Waals surface area contributed by atoms with Crippen molar-refractivity contribution in [3.63, 3.8) is 0 Å². The molecule has 1 amide bonds. The van der Waals surface area contributed by atoms with Crippen LogP contribution in [0.4, 0.5) is 0 Å². The molecule has 0 aliphatic heterocycles. The monoisotopic (exact) mass is 436 g/mol. The largest absolute Gasteiger partial charge is 0.424 e. The lowest BCUT2D eigenvalue weighted by atomic mass is 10.2. The van der Waals surface area contributed by atoms with Gasteiger partial charge < -0.3 is 9.73 Å². The van der Waals surface area contributed by atoms with Gasteiger partial charge in [-0.1, -0.05) is 6.07 Å². The summed E-state index contributed by atoms with van der Waals surface area (Å²) in [6, 6.07) is 8.24. The number of carbonyl (C=O) groups excluding carboxylic acids is 1. The molecule has 0 radical (unpaired) electrons. The van der Waals surface area contributed by atoms with Crippen LogP contribution in [0.3, 0.4) is 0 Å². The minimum atomic E-state index is -0.697. The molecule has 1 N–H and O–H groups in total. The van der Waals surface area contributed by atoms with Gasteiger partial charge in [-0.05, 0) is 31.9 Å². The van der Waals surface area contributed by atoms with E-state index in [1.54, 1.807) is 22.7 Å². The third-order valence-electron chi connectivity index (χ3n) is 4.81. The van der Waals surface area contributed by atoms with E-state index in [-0.39, 0.29) is 18.2 Å². The van der Waals surface area contributed by atoms with Gasteiger partial charge in [0.1, 0.15) is 17.0 Å². The molecule has 30 heavy (non-hydrogen) atoms. The number of benzene rings is 1. The molecule has 4 aromatic rings. The number of hydrogen-bond acceptors (Lipinski definition) is 9. The molecule has 1 aliphatic carbocycles. The molecule has 0 saturated heterocycles. The molecule has 1 saturated carbocycles. The van der Waals surface area contributed by atoms with Gasteiger partial charge in [0.05, 0.1) is 33.4 Å². The average Bonchev–Trinajstić information content (AvgIpc) is 3.05. The summed E-state index contributed by atoms with van der Waals surface area (Å²) in [6.07, 6.45) is 1.74. The Morgan fingerprint density at radius 1 is 1.30 bits per heavy atom. The Kier molecular flexibility index (Phi) is 4.56. The summed E-state index contributed by atoms with van der Waals surface area (Å²) in [4.78, 5) is 21.2. The lowest BCUT2D eigenvalue weighted by Crippen LogP contribution is -2.36. The molecule has 3 aromatic heterocycles. The zero-order chi connectivity index (χ0) is 20.7. The molecule has 3 heterocycles. The Hall–Kier alpha value is -3.16. The predicted octanol–water partition coefficient (Wildman–Crippen LogP) is 3.42. The second kappa shape index (κ2) is 7.27. The second-order valence-corrected chi connectivity index (χ2v) is 9.40. The maximum Gasteiger partial charge on any atom is 0.230 e. The maximum atomic E-state index is 12.1. The van der Waals surface area contributed by atoms with E-state index in [0.29, 0.717) is 25.2 Å². The van der Waals surface area contributed by atoms with Crippen LogP contribution in [0, 0.1) is 18.3 Å². The number of hydrogen-bond donors (Lipinski definition) is 1. The zero-order valence-corrected chi connectivity index (χ0v) is 17.6. The highest BCUT2D eigenvalue weighted by atomic mass is 32.1. The number of rotatable bonds is 6. The quantitative estimate of drug-likeness (QED) is 0.492. The van der Waals surface area contributed by atoms with Gasteiger partial charge in [-0.2, -0.15) is 5.26 Å². The van der Waals surface area contributed by atoms with E-state index < -0.39 is 5.54 Å². The summed E-state index contributed by atoms with van der Waals surface area (Å²) in [5.74, 6) is 0.362. The number of thiazole rings is 2. The van der Waals surface area contributed by atoms with Crippen molar-refractivity contribution in [1.82, 2.24) is 25.5 Å². The van der Waals surface area contributed by atoms with Crippen LogP contribution in [0.2, 0.25) is 0 Å². The lowest BCUT2D eigenvalue weighted by molar-refractivity contribution is -0.121. The van der Waals surface area contributed by atoms with Crippen molar-refractivity contribution in [3.05, 3.63) is 45.4 Å². The highest BCUT2D eigenvalue weighted by Gasteiger charge is 2.44. The fourth-order valence-electron chi connectivity index (χ4n) is 3.10. The van der Waals surface area contributed by atoms with Gasteiger partial charge in [0.2, 0.25) is 17.7 Å². The maximum absolute atomic E-state index is 12.1. The third kappa shape index (κ3) is 3.81. The molecule has 1 fully saturated rings. The summed E-state index contributed by atoms with van der Waals surface area (Å²) >= 11 is 3.20. The smallest absolute Gasteiger partial charge is 0.230 e. The van der Waals surface area contributed by atoms with Crippen molar-refractivity contribution in [2.24, 2.45) is 0 Å². The Labute approximate surface area is 179 Å².